The minimum absolute atomic E-state index is 0.179. The van der Waals surface area contributed by atoms with Crippen molar-refractivity contribution in [1.29, 1.82) is 0 Å². The number of carbonyl (C=O) groups is 1. The van der Waals surface area contributed by atoms with Crippen LogP contribution in [-0.4, -0.2) is 15.9 Å². The van der Waals surface area contributed by atoms with Crippen molar-refractivity contribution in [2.24, 2.45) is 0 Å². The highest BCUT2D eigenvalue weighted by molar-refractivity contribution is 5.95. The van der Waals surface area contributed by atoms with Gasteiger partial charge in [-0.15, -0.1) is 0 Å². The Hall–Kier alpha value is -2.43. The van der Waals surface area contributed by atoms with Crippen LogP contribution in [0.5, 0.6) is 0 Å². The lowest BCUT2D eigenvalue weighted by Gasteiger charge is -2.07. The Bertz CT molecular complexity index is 598. The maximum Gasteiger partial charge on any atom is 0.269 e. The van der Waals surface area contributed by atoms with Gasteiger partial charge in [-0.1, -0.05) is 6.07 Å². The zero-order valence-electron chi connectivity index (χ0n) is 10.4. The van der Waals surface area contributed by atoms with E-state index in [1.807, 2.05) is 18.2 Å². The molecule has 0 fully saturated rings. The number of aryl methyl sites for hydroxylation is 2. The van der Waals surface area contributed by atoms with Gasteiger partial charge in [0.1, 0.15) is 0 Å². The zero-order chi connectivity index (χ0) is 13.1. The van der Waals surface area contributed by atoms with Crippen LogP contribution in [0, 0.1) is 0 Å². The van der Waals surface area contributed by atoms with Crippen molar-refractivity contribution in [3.63, 3.8) is 0 Å². The summed E-state index contributed by atoms with van der Waals surface area (Å²) < 4.78 is 0. The first-order chi connectivity index (χ1) is 9.33. The van der Waals surface area contributed by atoms with Gasteiger partial charge in [0.25, 0.3) is 5.91 Å². The average molecular weight is 254 g/mol. The van der Waals surface area contributed by atoms with Crippen molar-refractivity contribution < 1.29 is 4.79 Å². The van der Waals surface area contributed by atoms with Crippen molar-refractivity contribution in [2.75, 3.05) is 5.43 Å². The van der Waals surface area contributed by atoms with Crippen molar-refractivity contribution in [2.45, 2.75) is 19.3 Å². The second-order valence-corrected chi connectivity index (χ2v) is 4.49. The summed E-state index contributed by atoms with van der Waals surface area (Å²) in [7, 11) is 0. The van der Waals surface area contributed by atoms with E-state index in [9.17, 15) is 4.79 Å². The standard InChI is InChI=1S/C14H14N4O/c19-13(17-18-14-15-7-2-8-16-14)12-6-5-10-3-1-4-11(10)9-12/h2,5-9H,1,3-4H2,(H,17,19)(H,15,16,18). The van der Waals surface area contributed by atoms with E-state index < -0.39 is 0 Å². The Morgan fingerprint density at radius 1 is 1.11 bits per heavy atom. The van der Waals surface area contributed by atoms with Crippen molar-refractivity contribution >= 4 is 11.9 Å². The summed E-state index contributed by atoms with van der Waals surface area (Å²) in [5.74, 6) is 0.194. The number of rotatable bonds is 3. The van der Waals surface area contributed by atoms with Gasteiger partial charge in [0, 0.05) is 18.0 Å². The SMILES string of the molecule is O=C(NNc1ncccn1)c1ccc2c(c1)CCC2. The first kappa shape index (κ1) is 11.6. The van der Waals surface area contributed by atoms with Crippen LogP contribution in [0.3, 0.4) is 0 Å². The van der Waals surface area contributed by atoms with Crippen molar-refractivity contribution in [3.05, 3.63) is 53.3 Å². The summed E-state index contributed by atoms with van der Waals surface area (Å²) in [6, 6.07) is 7.57. The Morgan fingerprint density at radius 3 is 2.74 bits per heavy atom. The summed E-state index contributed by atoms with van der Waals surface area (Å²) in [4.78, 5) is 19.9. The van der Waals surface area contributed by atoms with Gasteiger partial charge in [-0.2, -0.15) is 0 Å². The van der Waals surface area contributed by atoms with Crippen LogP contribution in [0.15, 0.2) is 36.7 Å². The number of nitrogens with one attached hydrogen (secondary N) is 2. The summed E-state index contributed by atoms with van der Waals surface area (Å²) in [6.07, 6.45) is 6.57. The molecule has 0 spiro atoms. The molecule has 0 saturated carbocycles. The van der Waals surface area contributed by atoms with Crippen LogP contribution in [-0.2, 0) is 12.8 Å². The largest absolute Gasteiger partial charge is 0.269 e. The smallest absolute Gasteiger partial charge is 0.267 e. The molecule has 1 aliphatic rings. The van der Waals surface area contributed by atoms with E-state index in [0.29, 0.717) is 11.5 Å². The minimum Gasteiger partial charge on any atom is -0.267 e. The minimum atomic E-state index is -0.179. The second-order valence-electron chi connectivity index (χ2n) is 4.49. The Morgan fingerprint density at radius 2 is 1.89 bits per heavy atom. The Labute approximate surface area is 111 Å². The van der Waals surface area contributed by atoms with E-state index in [4.69, 9.17) is 0 Å². The molecule has 0 saturated heterocycles. The number of anilines is 1. The molecular weight excluding hydrogens is 240 g/mol. The monoisotopic (exact) mass is 254 g/mol. The average Bonchev–Trinajstić information content (AvgIpc) is 2.93. The molecular formula is C14H14N4O. The molecule has 0 radical (unpaired) electrons. The topological polar surface area (TPSA) is 66.9 Å². The number of amides is 1. The number of nitrogens with zero attached hydrogens (tertiary/aromatic N) is 2. The number of hydrogen-bond acceptors (Lipinski definition) is 4. The summed E-state index contributed by atoms with van der Waals surface area (Å²) in [5, 5.41) is 0. The lowest BCUT2D eigenvalue weighted by molar-refractivity contribution is 0.0962. The molecule has 1 aromatic carbocycles. The molecule has 1 aromatic heterocycles. The maximum absolute atomic E-state index is 12.0. The van der Waals surface area contributed by atoms with E-state index in [-0.39, 0.29) is 5.91 Å². The molecule has 3 rings (SSSR count). The molecule has 0 atom stereocenters. The van der Waals surface area contributed by atoms with Crippen molar-refractivity contribution in [3.8, 4) is 0 Å². The molecule has 96 valence electrons. The third kappa shape index (κ3) is 2.54. The number of aromatic nitrogens is 2. The van der Waals surface area contributed by atoms with E-state index in [0.717, 1.165) is 12.8 Å². The van der Waals surface area contributed by atoms with Crippen LogP contribution >= 0.6 is 0 Å². The second kappa shape index (κ2) is 5.06. The fourth-order valence-electron chi connectivity index (χ4n) is 2.26. The van der Waals surface area contributed by atoms with Gasteiger partial charge in [0.05, 0.1) is 0 Å². The van der Waals surface area contributed by atoms with Gasteiger partial charge in [-0.25, -0.2) is 9.97 Å². The fraction of sp³-hybridized carbons (Fsp3) is 0.214. The molecule has 19 heavy (non-hydrogen) atoms. The van der Waals surface area contributed by atoms with Gasteiger partial charge in [-0.3, -0.25) is 15.6 Å². The van der Waals surface area contributed by atoms with Crippen LogP contribution in [0.4, 0.5) is 5.95 Å². The Balaban J connectivity index is 1.67. The summed E-state index contributed by atoms with van der Waals surface area (Å²) >= 11 is 0. The highest BCUT2D eigenvalue weighted by atomic mass is 16.2. The molecule has 2 aromatic rings. The molecule has 0 bridgehead atoms. The summed E-state index contributed by atoms with van der Waals surface area (Å²) in [5.41, 5.74) is 8.58. The first-order valence-electron chi connectivity index (χ1n) is 6.28. The predicted octanol–water partition coefficient (Wildman–Crippen LogP) is 1.72. The predicted molar refractivity (Wildman–Crippen MR) is 71.6 cm³/mol. The van der Waals surface area contributed by atoms with Gasteiger partial charge < -0.3 is 0 Å². The lowest BCUT2D eigenvalue weighted by Crippen LogP contribution is -2.30. The van der Waals surface area contributed by atoms with Gasteiger partial charge in [0.2, 0.25) is 5.95 Å². The molecule has 0 unspecified atom stereocenters. The van der Waals surface area contributed by atoms with E-state index in [1.165, 1.54) is 17.5 Å². The lowest BCUT2D eigenvalue weighted by atomic mass is 10.1. The quantitative estimate of drug-likeness (QED) is 0.818. The molecule has 1 amide bonds. The Kier molecular flexibility index (Phi) is 3.10. The normalized spacial score (nSPS) is 12.8. The van der Waals surface area contributed by atoms with Gasteiger partial charge in [-0.05, 0) is 48.6 Å². The first-order valence-corrected chi connectivity index (χ1v) is 6.28. The van der Waals surface area contributed by atoms with Gasteiger partial charge in [0.15, 0.2) is 0 Å². The molecule has 2 N–H and O–H groups in total. The third-order valence-electron chi connectivity index (χ3n) is 3.21. The molecule has 5 nitrogen and oxygen atoms in total. The van der Waals surface area contributed by atoms with Crippen LogP contribution in [0.2, 0.25) is 0 Å². The van der Waals surface area contributed by atoms with Crippen LogP contribution < -0.4 is 10.9 Å². The molecule has 0 aliphatic heterocycles. The highest BCUT2D eigenvalue weighted by Gasteiger charge is 2.13. The number of carbonyl (C=O) groups excluding carboxylic acids is 1. The van der Waals surface area contributed by atoms with E-state index in [1.54, 1.807) is 18.5 Å². The van der Waals surface area contributed by atoms with E-state index >= 15 is 0 Å². The van der Waals surface area contributed by atoms with E-state index in [2.05, 4.69) is 20.8 Å². The van der Waals surface area contributed by atoms with Gasteiger partial charge >= 0.3 is 0 Å². The summed E-state index contributed by atoms with van der Waals surface area (Å²) in [6.45, 7) is 0. The number of hydrazine groups is 1. The molecule has 5 heteroatoms. The highest BCUT2D eigenvalue weighted by Crippen LogP contribution is 2.22. The van der Waals surface area contributed by atoms with Crippen LogP contribution in [0.1, 0.15) is 27.9 Å². The third-order valence-corrected chi connectivity index (χ3v) is 3.21. The zero-order valence-corrected chi connectivity index (χ0v) is 10.4. The number of fused-ring (bicyclic) bond motifs is 1. The number of benzene rings is 1. The number of hydrogen-bond donors (Lipinski definition) is 2. The van der Waals surface area contributed by atoms with Crippen LogP contribution in [0.25, 0.3) is 0 Å². The molecule has 1 heterocycles. The maximum atomic E-state index is 12.0. The molecule has 1 aliphatic carbocycles. The van der Waals surface area contributed by atoms with Crippen molar-refractivity contribution in [1.82, 2.24) is 15.4 Å². The fourth-order valence-corrected chi connectivity index (χ4v) is 2.26.